The van der Waals surface area contributed by atoms with Gasteiger partial charge in [0, 0.05) is 22.6 Å². The number of amides is 1. The number of hydrogen-bond donors (Lipinski definition) is 1. The molecule has 2 heterocycles. The van der Waals surface area contributed by atoms with E-state index in [9.17, 15) is 4.79 Å². The van der Waals surface area contributed by atoms with Crippen LogP contribution in [0.4, 0.5) is 0 Å². The van der Waals surface area contributed by atoms with Gasteiger partial charge in [0.05, 0.1) is 25.8 Å². The molecular formula is C19H23N3O3. The number of nitrogens with zero attached hydrogens (tertiary/aromatic N) is 2. The molecule has 0 bridgehead atoms. The summed E-state index contributed by atoms with van der Waals surface area (Å²) < 4.78 is 13.0. The van der Waals surface area contributed by atoms with E-state index in [1.54, 1.807) is 13.1 Å². The van der Waals surface area contributed by atoms with Crippen molar-refractivity contribution in [3.8, 4) is 5.69 Å². The number of hydrogen-bond acceptors (Lipinski definition) is 4. The summed E-state index contributed by atoms with van der Waals surface area (Å²) in [5, 5.41) is 4.07. The monoisotopic (exact) mass is 341 g/mol. The Bertz CT molecular complexity index is 775. The van der Waals surface area contributed by atoms with Crippen LogP contribution >= 0.6 is 0 Å². The molecular weight excluding hydrogens is 318 g/mol. The first-order valence-corrected chi connectivity index (χ1v) is 8.33. The molecule has 6 heteroatoms. The van der Waals surface area contributed by atoms with Crippen LogP contribution in [0.5, 0.6) is 0 Å². The van der Waals surface area contributed by atoms with Crippen LogP contribution in [0.2, 0.25) is 0 Å². The zero-order valence-corrected chi connectivity index (χ0v) is 14.8. The first kappa shape index (κ1) is 17.4. The van der Waals surface area contributed by atoms with E-state index in [2.05, 4.69) is 27.2 Å². The topological polar surface area (TPSA) is 64.8 Å². The third-order valence-corrected chi connectivity index (χ3v) is 4.26. The number of carbonyl (C=O) groups is 1. The van der Waals surface area contributed by atoms with E-state index in [-0.39, 0.29) is 12.3 Å². The van der Waals surface area contributed by atoms with E-state index in [0.29, 0.717) is 13.2 Å². The lowest BCUT2D eigenvalue weighted by atomic mass is 10.2. The number of ether oxygens (including phenoxy) is 2. The van der Waals surface area contributed by atoms with E-state index in [1.807, 2.05) is 38.1 Å². The lowest BCUT2D eigenvalue weighted by Gasteiger charge is -2.20. The van der Waals surface area contributed by atoms with Gasteiger partial charge in [-0.05, 0) is 39.0 Å². The average molecular weight is 341 g/mol. The summed E-state index contributed by atoms with van der Waals surface area (Å²) in [6.07, 6.45) is 1.78. The average Bonchev–Trinajstić information content (AvgIpc) is 3.12. The Morgan fingerprint density at radius 1 is 1.28 bits per heavy atom. The van der Waals surface area contributed by atoms with E-state index in [4.69, 9.17) is 9.47 Å². The standard InChI is InChI=1S/C19H23N3O3/c1-14-11-16(15(2)22(14)17-7-5-4-6-8-17)13-20-21-18(23)12-19(3)24-9-10-25-19/h4-8,11,13H,9-10,12H2,1-3H3,(H,21,23)/b20-13-. The van der Waals surface area contributed by atoms with Crippen molar-refractivity contribution in [2.45, 2.75) is 33.0 Å². The van der Waals surface area contributed by atoms with Crippen LogP contribution in [0.15, 0.2) is 41.5 Å². The maximum absolute atomic E-state index is 12.0. The predicted molar refractivity (Wildman–Crippen MR) is 95.9 cm³/mol. The summed E-state index contributed by atoms with van der Waals surface area (Å²) in [6.45, 7) is 6.86. The fourth-order valence-electron chi connectivity index (χ4n) is 3.06. The Morgan fingerprint density at radius 2 is 1.96 bits per heavy atom. The van der Waals surface area contributed by atoms with Crippen LogP contribution in [0.25, 0.3) is 5.69 Å². The minimum absolute atomic E-state index is 0.118. The fraction of sp³-hybridized carbons (Fsp3) is 0.368. The van der Waals surface area contributed by atoms with Gasteiger partial charge in [0.25, 0.3) is 0 Å². The van der Waals surface area contributed by atoms with Crippen molar-refractivity contribution >= 4 is 12.1 Å². The quantitative estimate of drug-likeness (QED) is 0.672. The van der Waals surface area contributed by atoms with Crippen molar-refractivity contribution in [1.29, 1.82) is 0 Å². The van der Waals surface area contributed by atoms with Crippen LogP contribution in [-0.2, 0) is 14.3 Å². The van der Waals surface area contributed by atoms with Gasteiger partial charge in [-0.15, -0.1) is 0 Å². The van der Waals surface area contributed by atoms with Gasteiger partial charge >= 0.3 is 0 Å². The SMILES string of the molecule is Cc1cc(/C=N\NC(=O)CC2(C)OCCO2)c(C)n1-c1ccccc1. The predicted octanol–water partition coefficient (Wildman–Crippen LogP) is 2.70. The van der Waals surface area contributed by atoms with Gasteiger partial charge < -0.3 is 14.0 Å². The minimum atomic E-state index is -0.844. The Hall–Kier alpha value is -2.44. The van der Waals surface area contributed by atoms with Crippen LogP contribution in [0, 0.1) is 13.8 Å². The molecule has 0 spiro atoms. The normalized spacial score (nSPS) is 16.4. The highest BCUT2D eigenvalue weighted by Crippen LogP contribution is 2.22. The Balaban J connectivity index is 1.67. The van der Waals surface area contributed by atoms with Gasteiger partial charge in [-0.2, -0.15) is 5.10 Å². The van der Waals surface area contributed by atoms with Crippen molar-refractivity contribution < 1.29 is 14.3 Å². The number of carbonyl (C=O) groups excluding carboxylic acids is 1. The highest BCUT2D eigenvalue weighted by atomic mass is 16.7. The van der Waals surface area contributed by atoms with Crippen LogP contribution in [-0.4, -0.2) is 35.7 Å². The molecule has 6 nitrogen and oxygen atoms in total. The van der Waals surface area contributed by atoms with E-state index >= 15 is 0 Å². The second kappa shape index (κ2) is 7.21. The van der Waals surface area contributed by atoms with Crippen molar-refractivity contribution in [1.82, 2.24) is 9.99 Å². The molecule has 0 radical (unpaired) electrons. The molecule has 0 unspecified atom stereocenters. The smallest absolute Gasteiger partial charge is 0.245 e. The van der Waals surface area contributed by atoms with Gasteiger partial charge in [0.1, 0.15) is 0 Å². The second-order valence-corrected chi connectivity index (χ2v) is 6.30. The number of para-hydroxylation sites is 1. The van der Waals surface area contributed by atoms with Crippen LogP contribution in [0.1, 0.15) is 30.3 Å². The van der Waals surface area contributed by atoms with Crippen molar-refractivity contribution in [3.63, 3.8) is 0 Å². The molecule has 0 atom stereocenters. The molecule has 0 aliphatic carbocycles. The third-order valence-electron chi connectivity index (χ3n) is 4.26. The van der Waals surface area contributed by atoms with Crippen molar-refractivity contribution in [2.75, 3.05) is 13.2 Å². The highest BCUT2D eigenvalue weighted by Gasteiger charge is 2.33. The van der Waals surface area contributed by atoms with Gasteiger partial charge in [0.2, 0.25) is 5.91 Å². The largest absolute Gasteiger partial charge is 0.347 e. The Labute approximate surface area is 147 Å². The van der Waals surface area contributed by atoms with Crippen LogP contribution < -0.4 is 5.43 Å². The number of rotatable bonds is 5. The zero-order chi connectivity index (χ0) is 17.9. The molecule has 1 aliphatic rings. The molecule has 1 saturated heterocycles. The van der Waals surface area contributed by atoms with Gasteiger partial charge in [-0.3, -0.25) is 4.79 Å². The summed E-state index contributed by atoms with van der Waals surface area (Å²) in [4.78, 5) is 12.0. The molecule has 1 aromatic heterocycles. The number of aryl methyl sites for hydroxylation is 1. The maximum Gasteiger partial charge on any atom is 0.245 e. The lowest BCUT2D eigenvalue weighted by Crippen LogP contribution is -2.33. The van der Waals surface area contributed by atoms with Crippen LogP contribution in [0.3, 0.4) is 0 Å². The minimum Gasteiger partial charge on any atom is -0.347 e. The third kappa shape index (κ3) is 3.97. The fourth-order valence-corrected chi connectivity index (χ4v) is 3.06. The number of nitrogens with one attached hydrogen (secondary N) is 1. The van der Waals surface area contributed by atoms with E-state index in [0.717, 1.165) is 22.6 Å². The van der Waals surface area contributed by atoms with Gasteiger partial charge in [-0.25, -0.2) is 5.43 Å². The van der Waals surface area contributed by atoms with Crippen molar-refractivity contribution in [2.24, 2.45) is 5.10 Å². The summed E-state index contributed by atoms with van der Waals surface area (Å²) in [6, 6.07) is 12.2. The maximum atomic E-state index is 12.0. The molecule has 2 aromatic rings. The molecule has 25 heavy (non-hydrogen) atoms. The first-order valence-electron chi connectivity index (χ1n) is 8.33. The first-order chi connectivity index (χ1) is 12.0. The van der Waals surface area contributed by atoms with Crippen molar-refractivity contribution in [3.05, 3.63) is 53.3 Å². The summed E-state index contributed by atoms with van der Waals surface area (Å²) in [5.41, 5.74) is 6.78. The molecule has 132 valence electrons. The number of aromatic nitrogens is 1. The number of benzene rings is 1. The molecule has 1 aromatic carbocycles. The van der Waals surface area contributed by atoms with E-state index < -0.39 is 5.79 Å². The summed E-state index contributed by atoms with van der Waals surface area (Å²) >= 11 is 0. The number of hydrazone groups is 1. The summed E-state index contributed by atoms with van der Waals surface area (Å²) in [5.74, 6) is -1.08. The lowest BCUT2D eigenvalue weighted by molar-refractivity contribution is -0.159. The second-order valence-electron chi connectivity index (χ2n) is 6.30. The Kier molecular flexibility index (Phi) is 5.01. The van der Waals surface area contributed by atoms with Gasteiger partial charge in [-0.1, -0.05) is 18.2 Å². The molecule has 1 fully saturated rings. The highest BCUT2D eigenvalue weighted by molar-refractivity contribution is 5.84. The summed E-state index contributed by atoms with van der Waals surface area (Å²) in [7, 11) is 0. The molecule has 3 rings (SSSR count). The zero-order valence-electron chi connectivity index (χ0n) is 14.8. The molecule has 1 amide bonds. The molecule has 1 aliphatic heterocycles. The Morgan fingerprint density at radius 3 is 2.64 bits per heavy atom. The molecule has 1 N–H and O–H groups in total. The van der Waals surface area contributed by atoms with E-state index in [1.165, 1.54) is 0 Å². The molecule has 0 saturated carbocycles. The van der Waals surface area contributed by atoms with Gasteiger partial charge in [0.15, 0.2) is 5.79 Å².